The van der Waals surface area contributed by atoms with Crippen LogP contribution in [0.5, 0.6) is 0 Å². The van der Waals surface area contributed by atoms with Crippen molar-refractivity contribution in [3.8, 4) is 0 Å². The van der Waals surface area contributed by atoms with E-state index in [1.54, 1.807) is 11.8 Å². The van der Waals surface area contributed by atoms with Gasteiger partial charge < -0.3 is 16.4 Å². The minimum atomic E-state index is -0.816. The molecular formula is C31H63N3O2S. The topological polar surface area (TPSA) is 84.2 Å². The van der Waals surface area contributed by atoms with Crippen LogP contribution in [0.3, 0.4) is 0 Å². The fourth-order valence-corrected chi connectivity index (χ4v) is 5.67. The summed E-state index contributed by atoms with van der Waals surface area (Å²) in [5.41, 5.74) is 4.59. The monoisotopic (exact) mass is 541 g/mol. The maximum Gasteiger partial charge on any atom is 0.156 e. The number of nitrogens with two attached hydrogens (primary N) is 1. The van der Waals surface area contributed by atoms with Gasteiger partial charge in [-0.05, 0) is 79.4 Å². The molecule has 0 aromatic rings. The van der Waals surface area contributed by atoms with Gasteiger partial charge in [-0.1, -0.05) is 62.3 Å². The SMILES string of the molecule is CC(CSC(C)(C)C(C)(N)C(NC(C)(C)C)C(=O)C(C)(C)C)C(C)(C)C(NC(C)(C)C)C(=O)C(C)(C)C. The van der Waals surface area contributed by atoms with E-state index in [9.17, 15) is 9.59 Å². The number of carbonyl (C=O) groups excluding carboxylic acids is 2. The first-order valence-corrected chi connectivity index (χ1v) is 14.9. The van der Waals surface area contributed by atoms with E-state index in [2.05, 4.69) is 86.8 Å². The normalized spacial score (nSPS) is 18.7. The zero-order valence-electron chi connectivity index (χ0n) is 27.7. The zero-order chi connectivity index (χ0) is 30.2. The summed E-state index contributed by atoms with van der Waals surface area (Å²) < 4.78 is -0.415. The highest BCUT2D eigenvalue weighted by Crippen LogP contribution is 2.43. The molecule has 0 aromatic carbocycles. The summed E-state index contributed by atoms with van der Waals surface area (Å²) in [6, 6.07) is -0.788. The van der Waals surface area contributed by atoms with Crippen LogP contribution < -0.4 is 16.4 Å². The molecule has 0 radical (unpaired) electrons. The first-order chi connectivity index (χ1) is 15.9. The lowest BCUT2D eigenvalue weighted by Gasteiger charge is -2.50. The lowest BCUT2D eigenvalue weighted by Crippen LogP contribution is -2.71. The van der Waals surface area contributed by atoms with Crippen LogP contribution in [0.25, 0.3) is 0 Å². The molecule has 0 saturated carbocycles. The van der Waals surface area contributed by atoms with E-state index in [1.807, 2.05) is 48.5 Å². The van der Waals surface area contributed by atoms with Crippen molar-refractivity contribution in [3.63, 3.8) is 0 Å². The number of nitrogens with one attached hydrogen (secondary N) is 2. The van der Waals surface area contributed by atoms with E-state index < -0.39 is 27.2 Å². The van der Waals surface area contributed by atoms with Crippen LogP contribution in [-0.4, -0.2) is 50.8 Å². The fraction of sp³-hybridized carbons (Fsp3) is 0.935. The minimum absolute atomic E-state index is 0.125. The van der Waals surface area contributed by atoms with Crippen LogP contribution >= 0.6 is 11.8 Å². The second-order valence-electron chi connectivity index (χ2n) is 16.7. The highest BCUT2D eigenvalue weighted by atomic mass is 32.2. The average Bonchev–Trinajstić information content (AvgIpc) is 2.64. The Labute approximate surface area is 235 Å². The van der Waals surface area contributed by atoms with Crippen molar-refractivity contribution in [2.45, 2.75) is 158 Å². The Morgan fingerprint density at radius 1 is 0.649 bits per heavy atom. The van der Waals surface area contributed by atoms with Crippen LogP contribution in [0.1, 0.15) is 125 Å². The molecule has 0 rings (SSSR count). The lowest BCUT2D eigenvalue weighted by molar-refractivity contribution is -0.133. The van der Waals surface area contributed by atoms with Gasteiger partial charge in [0.15, 0.2) is 11.6 Å². The number of rotatable bonds is 11. The molecule has 0 amide bonds. The molecular weight excluding hydrogens is 478 g/mol. The fourth-order valence-electron chi connectivity index (χ4n) is 4.15. The number of Topliss-reactive ketones (excluding diaryl/α,β-unsaturated/α-hetero) is 2. The smallest absolute Gasteiger partial charge is 0.156 e. The molecule has 0 saturated heterocycles. The summed E-state index contributed by atoms with van der Waals surface area (Å²) in [5, 5.41) is 7.21. The molecule has 0 fully saturated rings. The Hall–Kier alpha value is -0.430. The average molecular weight is 542 g/mol. The zero-order valence-corrected chi connectivity index (χ0v) is 28.6. The van der Waals surface area contributed by atoms with E-state index in [0.717, 1.165) is 5.75 Å². The first kappa shape index (κ1) is 36.6. The molecule has 6 heteroatoms. The summed E-state index contributed by atoms with van der Waals surface area (Å²) in [6.45, 7) is 37.4. The third-order valence-corrected chi connectivity index (χ3v) is 9.59. The largest absolute Gasteiger partial charge is 0.322 e. The number of thioether (sulfide) groups is 1. The third kappa shape index (κ3) is 10.2. The molecule has 37 heavy (non-hydrogen) atoms. The maximum absolute atomic E-state index is 13.6. The predicted octanol–water partition coefficient (Wildman–Crippen LogP) is 6.62. The van der Waals surface area contributed by atoms with Crippen molar-refractivity contribution in [3.05, 3.63) is 0 Å². The molecule has 4 N–H and O–H groups in total. The summed E-state index contributed by atoms with van der Waals surface area (Å²) in [5.74, 6) is 1.39. The molecule has 4 atom stereocenters. The van der Waals surface area contributed by atoms with Crippen LogP contribution in [-0.2, 0) is 9.59 Å². The van der Waals surface area contributed by atoms with E-state index >= 15 is 0 Å². The van der Waals surface area contributed by atoms with E-state index in [0.29, 0.717) is 0 Å². The molecule has 0 aliphatic rings. The van der Waals surface area contributed by atoms with E-state index in [1.165, 1.54) is 0 Å². The van der Waals surface area contributed by atoms with Crippen LogP contribution in [0, 0.1) is 22.2 Å². The number of ketones is 2. The van der Waals surface area contributed by atoms with Crippen molar-refractivity contribution in [2.75, 3.05) is 5.75 Å². The highest BCUT2D eigenvalue weighted by molar-refractivity contribution is 8.00. The number of hydrogen-bond donors (Lipinski definition) is 3. The Bertz CT molecular complexity index is 787. The van der Waals surface area contributed by atoms with Gasteiger partial charge in [0.25, 0.3) is 0 Å². The standard InChI is InChI=1S/C31H63N3O2S/c1-20(29(14,15)21(33-27(8,9)10)23(35)25(2,3)4)19-37-30(16,17)31(18,32)22(34-28(11,12)13)24(36)26(5,6)7/h20-22,33-34H,19,32H2,1-18H3. The van der Waals surface area contributed by atoms with Gasteiger partial charge in [0, 0.05) is 32.2 Å². The van der Waals surface area contributed by atoms with E-state index in [4.69, 9.17) is 5.73 Å². The van der Waals surface area contributed by atoms with Gasteiger partial charge in [0.1, 0.15) is 0 Å². The minimum Gasteiger partial charge on any atom is -0.322 e. The Morgan fingerprint density at radius 3 is 1.30 bits per heavy atom. The van der Waals surface area contributed by atoms with Crippen LogP contribution in [0.4, 0.5) is 0 Å². The van der Waals surface area contributed by atoms with Gasteiger partial charge >= 0.3 is 0 Å². The van der Waals surface area contributed by atoms with Gasteiger partial charge in [-0.25, -0.2) is 0 Å². The molecule has 0 aliphatic carbocycles. The van der Waals surface area contributed by atoms with Crippen molar-refractivity contribution in [1.29, 1.82) is 0 Å². The highest BCUT2D eigenvalue weighted by Gasteiger charge is 2.51. The third-order valence-electron chi connectivity index (χ3n) is 7.76. The first-order valence-electron chi connectivity index (χ1n) is 13.9. The van der Waals surface area contributed by atoms with Crippen molar-refractivity contribution >= 4 is 23.3 Å². The summed E-state index contributed by atoms with van der Waals surface area (Å²) in [4.78, 5) is 27.2. The van der Waals surface area contributed by atoms with Crippen molar-refractivity contribution in [1.82, 2.24) is 10.6 Å². The Morgan fingerprint density at radius 2 is 0.973 bits per heavy atom. The molecule has 0 spiro atoms. The summed E-state index contributed by atoms with van der Waals surface area (Å²) in [6.07, 6.45) is 0. The second-order valence-corrected chi connectivity index (χ2v) is 18.4. The quantitative estimate of drug-likeness (QED) is 0.272. The molecule has 4 unspecified atom stereocenters. The lowest BCUT2D eigenvalue weighted by atomic mass is 9.68. The van der Waals surface area contributed by atoms with Gasteiger partial charge in [-0.15, -0.1) is 0 Å². The van der Waals surface area contributed by atoms with Gasteiger partial charge in [0.05, 0.1) is 12.1 Å². The molecule has 0 aromatic heterocycles. The van der Waals surface area contributed by atoms with Crippen LogP contribution in [0.15, 0.2) is 0 Å². The van der Waals surface area contributed by atoms with Gasteiger partial charge in [-0.3, -0.25) is 9.59 Å². The molecule has 0 bridgehead atoms. The van der Waals surface area contributed by atoms with Gasteiger partial charge in [0.2, 0.25) is 0 Å². The molecule has 5 nitrogen and oxygen atoms in total. The van der Waals surface area contributed by atoms with Gasteiger partial charge in [-0.2, -0.15) is 11.8 Å². The van der Waals surface area contributed by atoms with E-state index in [-0.39, 0.29) is 40.0 Å². The molecule has 0 aliphatic heterocycles. The summed E-state index contributed by atoms with van der Waals surface area (Å²) in [7, 11) is 0. The van der Waals surface area contributed by atoms with Crippen molar-refractivity contribution in [2.24, 2.45) is 27.9 Å². The second kappa shape index (κ2) is 11.6. The molecule has 0 heterocycles. The predicted molar refractivity (Wildman–Crippen MR) is 164 cm³/mol. The molecule has 220 valence electrons. The van der Waals surface area contributed by atoms with Crippen LogP contribution in [0.2, 0.25) is 0 Å². The number of carbonyl (C=O) groups is 2. The Kier molecular flexibility index (Phi) is 11.5. The summed E-state index contributed by atoms with van der Waals surface area (Å²) >= 11 is 1.80. The maximum atomic E-state index is 13.6. The Balaban J connectivity index is 6.15. The number of hydrogen-bond acceptors (Lipinski definition) is 6. The van der Waals surface area contributed by atoms with Crippen molar-refractivity contribution < 1.29 is 9.59 Å².